The summed E-state index contributed by atoms with van der Waals surface area (Å²) in [6.07, 6.45) is 0. The molecule has 2 N–H and O–H groups in total. The van der Waals surface area contributed by atoms with Gasteiger partial charge in [0.25, 0.3) is 17.7 Å². The first-order valence-electron chi connectivity index (χ1n) is 11.1. The number of halogens is 1. The number of carbonyl (C=O) groups is 3. The Balaban J connectivity index is 1.31. The smallest absolute Gasteiger partial charge is 0.266 e. The van der Waals surface area contributed by atoms with Gasteiger partial charge in [0, 0.05) is 28.3 Å². The molecule has 0 saturated heterocycles. The Kier molecular flexibility index (Phi) is 5.95. The molecule has 0 spiro atoms. The van der Waals surface area contributed by atoms with Crippen molar-refractivity contribution >= 4 is 52.3 Å². The maximum atomic E-state index is 13.0. The van der Waals surface area contributed by atoms with Gasteiger partial charge in [0.1, 0.15) is 0 Å². The van der Waals surface area contributed by atoms with Gasteiger partial charge in [0.15, 0.2) is 0 Å². The summed E-state index contributed by atoms with van der Waals surface area (Å²) in [5.41, 5.74) is 3.97. The number of fused-ring (bicyclic) bond motifs is 1. The molecule has 0 aliphatic carbocycles. The van der Waals surface area contributed by atoms with Crippen LogP contribution in [0, 0.1) is 13.8 Å². The largest absolute Gasteiger partial charge is 0.324 e. The lowest BCUT2D eigenvalue weighted by molar-refractivity contribution is 0.0925. The lowest BCUT2D eigenvalue weighted by Crippen LogP contribution is -2.29. The number of rotatable bonds is 5. The highest BCUT2D eigenvalue weighted by molar-refractivity contribution is 6.40. The highest BCUT2D eigenvalue weighted by atomic mass is 35.5. The summed E-state index contributed by atoms with van der Waals surface area (Å²) < 4.78 is 0. The van der Waals surface area contributed by atoms with Crippen molar-refractivity contribution in [3.63, 3.8) is 0 Å². The molecular formula is C27H20ClN5O3. The summed E-state index contributed by atoms with van der Waals surface area (Å²) in [5.74, 6) is -0.923. The molecule has 3 aromatic carbocycles. The van der Waals surface area contributed by atoms with E-state index in [0.717, 1.165) is 22.0 Å². The van der Waals surface area contributed by atoms with Crippen LogP contribution in [0.4, 0.5) is 23.0 Å². The third-order valence-corrected chi connectivity index (χ3v) is 5.94. The summed E-state index contributed by atoms with van der Waals surface area (Å²) in [4.78, 5) is 48.5. The van der Waals surface area contributed by atoms with Crippen molar-refractivity contribution < 1.29 is 14.4 Å². The van der Waals surface area contributed by atoms with Crippen molar-refractivity contribution in [1.82, 2.24) is 9.97 Å². The minimum Gasteiger partial charge on any atom is -0.324 e. The zero-order chi connectivity index (χ0) is 25.4. The number of anilines is 4. The first-order valence-corrected chi connectivity index (χ1v) is 11.5. The van der Waals surface area contributed by atoms with Crippen LogP contribution >= 0.6 is 11.6 Å². The lowest BCUT2D eigenvalue weighted by Gasteiger charge is -2.15. The second-order valence-electron chi connectivity index (χ2n) is 8.29. The van der Waals surface area contributed by atoms with Gasteiger partial charge in [-0.1, -0.05) is 23.7 Å². The first kappa shape index (κ1) is 23.2. The molecular weight excluding hydrogens is 478 g/mol. The van der Waals surface area contributed by atoms with E-state index >= 15 is 0 Å². The van der Waals surface area contributed by atoms with Crippen LogP contribution in [-0.2, 0) is 0 Å². The predicted molar refractivity (Wildman–Crippen MR) is 138 cm³/mol. The van der Waals surface area contributed by atoms with Gasteiger partial charge in [0.2, 0.25) is 5.95 Å². The number of amides is 3. The molecule has 0 atom stereocenters. The molecule has 0 bridgehead atoms. The van der Waals surface area contributed by atoms with E-state index in [1.165, 1.54) is 18.2 Å². The molecule has 2 heterocycles. The minimum absolute atomic E-state index is 0.153. The van der Waals surface area contributed by atoms with Crippen molar-refractivity contribution in [3.8, 4) is 0 Å². The maximum Gasteiger partial charge on any atom is 0.266 e. The van der Waals surface area contributed by atoms with Gasteiger partial charge in [-0.05, 0) is 74.5 Å². The Morgan fingerprint density at radius 3 is 2.14 bits per heavy atom. The van der Waals surface area contributed by atoms with Crippen LogP contribution < -0.4 is 15.5 Å². The van der Waals surface area contributed by atoms with E-state index in [1.54, 1.807) is 48.5 Å². The van der Waals surface area contributed by atoms with Gasteiger partial charge in [0.05, 0.1) is 21.8 Å². The van der Waals surface area contributed by atoms with Crippen molar-refractivity contribution in [3.05, 3.63) is 106 Å². The number of aryl methyl sites for hydroxylation is 2. The number of carbonyl (C=O) groups excluding carboxylic acids is 3. The van der Waals surface area contributed by atoms with E-state index in [1.807, 2.05) is 19.9 Å². The number of nitrogens with zero attached hydrogens (tertiary/aromatic N) is 3. The van der Waals surface area contributed by atoms with E-state index in [-0.39, 0.29) is 21.7 Å². The highest BCUT2D eigenvalue weighted by Gasteiger charge is 2.38. The molecule has 3 amide bonds. The second kappa shape index (κ2) is 9.24. The topological polar surface area (TPSA) is 104 Å². The minimum atomic E-state index is -0.526. The SMILES string of the molecule is Cc1cc(C)nc(Nc2ccc(NC(=O)c3ccc4c(c3)C(=O)N(c3ccccc3Cl)C4=O)cc2)n1. The standard InChI is InChI=1S/C27H20ClN5O3/c1-15-13-16(2)30-27(29-15)32-19-10-8-18(9-11-19)31-24(34)17-7-12-20-21(14-17)26(36)33(25(20)35)23-6-4-3-5-22(23)28/h3-14H,1-2H3,(H,31,34)(H,29,30,32). The van der Waals surface area contributed by atoms with Crippen molar-refractivity contribution in [1.29, 1.82) is 0 Å². The fourth-order valence-corrected chi connectivity index (χ4v) is 4.21. The number of para-hydroxylation sites is 1. The van der Waals surface area contributed by atoms with Crippen LogP contribution in [0.2, 0.25) is 5.02 Å². The normalized spacial score (nSPS) is 12.5. The summed E-state index contributed by atoms with van der Waals surface area (Å²) >= 11 is 6.20. The summed E-state index contributed by atoms with van der Waals surface area (Å²) in [5, 5.41) is 6.23. The number of benzene rings is 3. The molecule has 8 nitrogen and oxygen atoms in total. The number of imide groups is 1. The van der Waals surface area contributed by atoms with Gasteiger partial charge < -0.3 is 10.6 Å². The molecule has 5 rings (SSSR count). The zero-order valence-electron chi connectivity index (χ0n) is 19.4. The van der Waals surface area contributed by atoms with Crippen LogP contribution in [0.15, 0.2) is 72.8 Å². The van der Waals surface area contributed by atoms with Crippen LogP contribution in [0.25, 0.3) is 0 Å². The fourth-order valence-electron chi connectivity index (χ4n) is 3.99. The Bertz CT molecular complexity index is 1510. The third-order valence-electron chi connectivity index (χ3n) is 5.62. The van der Waals surface area contributed by atoms with Crippen molar-refractivity contribution in [2.45, 2.75) is 13.8 Å². The third kappa shape index (κ3) is 4.42. The quantitative estimate of drug-likeness (QED) is 0.351. The average Bonchev–Trinajstić information content (AvgIpc) is 3.09. The second-order valence-corrected chi connectivity index (χ2v) is 8.70. The van der Waals surface area contributed by atoms with Gasteiger partial charge in [-0.3, -0.25) is 14.4 Å². The average molecular weight is 498 g/mol. The predicted octanol–water partition coefficient (Wildman–Crippen LogP) is 5.54. The van der Waals surface area contributed by atoms with Crippen molar-refractivity contribution in [2.24, 2.45) is 0 Å². The Hall–Kier alpha value is -4.56. The van der Waals surface area contributed by atoms with E-state index < -0.39 is 17.7 Å². The monoisotopic (exact) mass is 497 g/mol. The summed E-state index contributed by atoms with van der Waals surface area (Å²) in [6.45, 7) is 3.80. The lowest BCUT2D eigenvalue weighted by atomic mass is 10.1. The van der Waals surface area contributed by atoms with Gasteiger partial charge in [-0.15, -0.1) is 0 Å². The van der Waals surface area contributed by atoms with E-state index in [9.17, 15) is 14.4 Å². The first-order chi connectivity index (χ1) is 17.3. The van der Waals surface area contributed by atoms with Crippen LogP contribution in [0.3, 0.4) is 0 Å². The highest BCUT2D eigenvalue weighted by Crippen LogP contribution is 2.33. The molecule has 0 unspecified atom stereocenters. The van der Waals surface area contributed by atoms with E-state index in [0.29, 0.717) is 17.3 Å². The van der Waals surface area contributed by atoms with Gasteiger partial charge in [-0.2, -0.15) is 0 Å². The number of nitrogens with one attached hydrogen (secondary N) is 2. The number of hydrogen-bond acceptors (Lipinski definition) is 6. The van der Waals surface area contributed by atoms with E-state index in [4.69, 9.17) is 11.6 Å². The molecule has 1 aliphatic heterocycles. The van der Waals surface area contributed by atoms with E-state index in [2.05, 4.69) is 20.6 Å². The molecule has 4 aromatic rings. The molecule has 0 radical (unpaired) electrons. The Morgan fingerprint density at radius 1 is 0.806 bits per heavy atom. The van der Waals surface area contributed by atoms with Crippen LogP contribution in [0.1, 0.15) is 42.5 Å². The zero-order valence-corrected chi connectivity index (χ0v) is 20.1. The summed E-state index contributed by atoms with van der Waals surface area (Å²) in [6, 6.07) is 20.0. The molecule has 0 saturated carbocycles. The van der Waals surface area contributed by atoms with Gasteiger partial charge in [-0.25, -0.2) is 14.9 Å². The van der Waals surface area contributed by atoms with Crippen LogP contribution in [-0.4, -0.2) is 27.7 Å². The molecule has 9 heteroatoms. The molecule has 178 valence electrons. The fraction of sp³-hybridized carbons (Fsp3) is 0.0741. The molecule has 0 fully saturated rings. The summed E-state index contributed by atoms with van der Waals surface area (Å²) in [7, 11) is 0. The molecule has 1 aromatic heterocycles. The van der Waals surface area contributed by atoms with Crippen molar-refractivity contribution in [2.75, 3.05) is 15.5 Å². The number of aromatic nitrogens is 2. The Morgan fingerprint density at radius 2 is 1.44 bits per heavy atom. The molecule has 1 aliphatic rings. The molecule has 36 heavy (non-hydrogen) atoms. The number of hydrogen-bond donors (Lipinski definition) is 2. The Labute approximate surface area is 212 Å². The maximum absolute atomic E-state index is 13.0. The van der Waals surface area contributed by atoms with Gasteiger partial charge >= 0.3 is 0 Å². The van der Waals surface area contributed by atoms with Crippen LogP contribution in [0.5, 0.6) is 0 Å².